The van der Waals surface area contributed by atoms with Crippen molar-refractivity contribution in [2.75, 3.05) is 17.7 Å². The Balaban J connectivity index is 2.25. The van der Waals surface area contributed by atoms with Crippen LogP contribution in [0.2, 0.25) is 0 Å². The summed E-state index contributed by atoms with van der Waals surface area (Å²) in [5.74, 6) is -1.30. The Labute approximate surface area is 125 Å². The molecule has 108 valence electrons. The SMILES string of the molecule is CN(Cc1cc(Br)cs1)c1cc(N)nc(C(F)(F)F)n1. The van der Waals surface area contributed by atoms with E-state index in [0.717, 1.165) is 9.35 Å². The quantitative estimate of drug-likeness (QED) is 0.902. The summed E-state index contributed by atoms with van der Waals surface area (Å²) in [6, 6.07) is 3.22. The minimum atomic E-state index is -4.61. The van der Waals surface area contributed by atoms with Gasteiger partial charge in [0.15, 0.2) is 0 Å². The highest BCUT2D eigenvalue weighted by Crippen LogP contribution is 2.29. The molecule has 2 heterocycles. The molecule has 4 nitrogen and oxygen atoms in total. The first-order valence-electron chi connectivity index (χ1n) is 5.41. The Morgan fingerprint density at radius 2 is 2.05 bits per heavy atom. The van der Waals surface area contributed by atoms with E-state index in [1.807, 2.05) is 11.4 Å². The van der Waals surface area contributed by atoms with Crippen LogP contribution in [0.5, 0.6) is 0 Å². The zero-order valence-corrected chi connectivity index (χ0v) is 12.7. The lowest BCUT2D eigenvalue weighted by atomic mass is 10.4. The molecule has 0 spiro atoms. The van der Waals surface area contributed by atoms with E-state index >= 15 is 0 Å². The van der Waals surface area contributed by atoms with Gasteiger partial charge >= 0.3 is 6.18 Å². The molecule has 20 heavy (non-hydrogen) atoms. The molecule has 0 aliphatic rings. The molecule has 9 heteroatoms. The van der Waals surface area contributed by atoms with Crippen molar-refractivity contribution in [2.24, 2.45) is 0 Å². The number of anilines is 2. The smallest absolute Gasteiger partial charge is 0.384 e. The van der Waals surface area contributed by atoms with Crippen LogP contribution in [0.4, 0.5) is 24.8 Å². The number of alkyl halides is 3. The van der Waals surface area contributed by atoms with Crippen LogP contribution >= 0.6 is 27.3 Å². The van der Waals surface area contributed by atoms with Gasteiger partial charge in [-0.1, -0.05) is 0 Å². The molecule has 0 radical (unpaired) electrons. The summed E-state index contributed by atoms with van der Waals surface area (Å²) >= 11 is 4.83. The second kappa shape index (κ2) is 5.57. The van der Waals surface area contributed by atoms with Gasteiger partial charge in [0, 0.05) is 27.8 Å². The van der Waals surface area contributed by atoms with Crippen LogP contribution in [0.3, 0.4) is 0 Å². The summed E-state index contributed by atoms with van der Waals surface area (Å²) in [5.41, 5.74) is 5.41. The molecule has 0 fully saturated rings. The number of nitrogens with two attached hydrogens (primary N) is 1. The summed E-state index contributed by atoms with van der Waals surface area (Å²) in [4.78, 5) is 9.30. The Kier molecular flexibility index (Phi) is 4.19. The number of hydrogen-bond acceptors (Lipinski definition) is 5. The van der Waals surface area contributed by atoms with E-state index in [0.29, 0.717) is 6.54 Å². The van der Waals surface area contributed by atoms with Crippen molar-refractivity contribution < 1.29 is 13.2 Å². The van der Waals surface area contributed by atoms with Crippen molar-refractivity contribution in [3.63, 3.8) is 0 Å². The van der Waals surface area contributed by atoms with E-state index in [1.165, 1.54) is 17.4 Å². The molecule has 0 saturated carbocycles. The number of thiophene rings is 1. The zero-order chi connectivity index (χ0) is 14.9. The maximum absolute atomic E-state index is 12.6. The van der Waals surface area contributed by atoms with Gasteiger partial charge in [-0.05, 0) is 22.0 Å². The minimum absolute atomic E-state index is 0.134. The van der Waals surface area contributed by atoms with Crippen molar-refractivity contribution in [3.8, 4) is 0 Å². The highest BCUT2D eigenvalue weighted by molar-refractivity contribution is 9.10. The van der Waals surface area contributed by atoms with Crippen LogP contribution < -0.4 is 10.6 Å². The van der Waals surface area contributed by atoms with Crippen molar-refractivity contribution >= 4 is 38.9 Å². The molecular weight excluding hydrogens is 357 g/mol. The average Bonchev–Trinajstić information content (AvgIpc) is 2.72. The maximum Gasteiger partial charge on any atom is 0.451 e. The molecule has 2 aromatic rings. The highest BCUT2D eigenvalue weighted by atomic mass is 79.9. The number of nitrogen functional groups attached to an aromatic ring is 1. The fourth-order valence-corrected chi connectivity index (χ4v) is 3.03. The largest absolute Gasteiger partial charge is 0.451 e. The molecule has 2 aromatic heterocycles. The van der Waals surface area contributed by atoms with Gasteiger partial charge in [0.05, 0.1) is 6.54 Å². The lowest BCUT2D eigenvalue weighted by molar-refractivity contribution is -0.144. The predicted octanol–water partition coefficient (Wildman–Crippen LogP) is 3.54. The van der Waals surface area contributed by atoms with Gasteiger partial charge in [-0.25, -0.2) is 9.97 Å². The zero-order valence-electron chi connectivity index (χ0n) is 10.3. The van der Waals surface area contributed by atoms with Crippen LogP contribution in [-0.4, -0.2) is 17.0 Å². The van der Waals surface area contributed by atoms with Gasteiger partial charge < -0.3 is 10.6 Å². The molecule has 0 bridgehead atoms. The first kappa shape index (κ1) is 15.0. The van der Waals surface area contributed by atoms with E-state index in [4.69, 9.17) is 5.73 Å². The second-order valence-corrected chi connectivity index (χ2v) is 5.97. The molecule has 2 N–H and O–H groups in total. The van der Waals surface area contributed by atoms with E-state index < -0.39 is 12.0 Å². The standard InChI is InChI=1S/C11H10BrF3N4S/c1-19(4-7-2-6(12)5-20-7)9-3-8(16)17-10(18-9)11(13,14)15/h2-3,5H,4H2,1H3,(H2,16,17,18). The highest BCUT2D eigenvalue weighted by Gasteiger charge is 2.35. The molecule has 0 amide bonds. The van der Waals surface area contributed by atoms with Crippen LogP contribution in [0.1, 0.15) is 10.7 Å². The second-order valence-electron chi connectivity index (χ2n) is 4.06. The van der Waals surface area contributed by atoms with Crippen molar-refractivity contribution in [2.45, 2.75) is 12.7 Å². The van der Waals surface area contributed by atoms with Crippen molar-refractivity contribution in [1.82, 2.24) is 9.97 Å². The van der Waals surface area contributed by atoms with Gasteiger partial charge in [0.25, 0.3) is 0 Å². The van der Waals surface area contributed by atoms with E-state index in [1.54, 1.807) is 11.9 Å². The van der Waals surface area contributed by atoms with Crippen LogP contribution in [0.15, 0.2) is 22.0 Å². The Morgan fingerprint density at radius 1 is 1.35 bits per heavy atom. The lowest BCUT2D eigenvalue weighted by Gasteiger charge is -2.18. The van der Waals surface area contributed by atoms with E-state index in [9.17, 15) is 13.2 Å². The van der Waals surface area contributed by atoms with E-state index in [2.05, 4.69) is 25.9 Å². The third kappa shape index (κ3) is 3.60. The summed E-state index contributed by atoms with van der Waals surface area (Å²) in [6.07, 6.45) is -4.61. The summed E-state index contributed by atoms with van der Waals surface area (Å²) < 4.78 is 38.8. The molecule has 2 rings (SSSR count). The molecule has 0 aliphatic heterocycles. The van der Waals surface area contributed by atoms with Gasteiger partial charge in [-0.3, -0.25) is 0 Å². The topological polar surface area (TPSA) is 55.0 Å². The summed E-state index contributed by atoms with van der Waals surface area (Å²) in [5, 5.41) is 1.90. The third-order valence-electron chi connectivity index (χ3n) is 2.39. The Bertz CT molecular complexity index is 614. The summed E-state index contributed by atoms with van der Waals surface area (Å²) in [7, 11) is 1.65. The molecular formula is C11H10BrF3N4S. The van der Waals surface area contributed by atoms with Gasteiger partial charge in [-0.2, -0.15) is 13.2 Å². The molecule has 0 aromatic carbocycles. The third-order valence-corrected chi connectivity index (χ3v) is 4.07. The van der Waals surface area contributed by atoms with Gasteiger partial charge in [0.2, 0.25) is 5.82 Å². The Hall–Kier alpha value is -1.35. The van der Waals surface area contributed by atoms with Gasteiger partial charge in [-0.15, -0.1) is 11.3 Å². The fraction of sp³-hybridized carbons (Fsp3) is 0.273. The van der Waals surface area contributed by atoms with Gasteiger partial charge in [0.1, 0.15) is 11.6 Å². The van der Waals surface area contributed by atoms with Crippen LogP contribution in [0, 0.1) is 0 Å². The average molecular weight is 367 g/mol. The van der Waals surface area contributed by atoms with Crippen molar-refractivity contribution in [3.05, 3.63) is 32.7 Å². The molecule has 0 atom stereocenters. The summed E-state index contributed by atoms with van der Waals surface area (Å²) in [6.45, 7) is 0.435. The van der Waals surface area contributed by atoms with Crippen LogP contribution in [-0.2, 0) is 12.7 Å². The monoisotopic (exact) mass is 366 g/mol. The first-order valence-corrected chi connectivity index (χ1v) is 7.09. The predicted molar refractivity (Wildman–Crippen MR) is 75.6 cm³/mol. The Morgan fingerprint density at radius 3 is 2.60 bits per heavy atom. The molecule has 0 unspecified atom stereocenters. The first-order chi connectivity index (χ1) is 9.25. The van der Waals surface area contributed by atoms with E-state index in [-0.39, 0.29) is 11.6 Å². The molecule has 0 saturated heterocycles. The fourth-order valence-electron chi connectivity index (χ4n) is 1.53. The number of nitrogens with zero attached hydrogens (tertiary/aromatic N) is 3. The van der Waals surface area contributed by atoms with Crippen LogP contribution in [0.25, 0.3) is 0 Å². The maximum atomic E-state index is 12.6. The number of aromatic nitrogens is 2. The number of rotatable bonds is 3. The van der Waals surface area contributed by atoms with Crippen molar-refractivity contribution in [1.29, 1.82) is 0 Å². The normalized spacial score (nSPS) is 11.7. The number of halogens is 4. The lowest BCUT2D eigenvalue weighted by Crippen LogP contribution is -2.21. The number of hydrogen-bond donors (Lipinski definition) is 1. The molecule has 0 aliphatic carbocycles. The minimum Gasteiger partial charge on any atom is -0.384 e.